The maximum absolute atomic E-state index is 12.4. The normalized spacial score (nSPS) is 14.9. The van der Waals surface area contributed by atoms with Crippen molar-refractivity contribution < 1.29 is 14.7 Å². The van der Waals surface area contributed by atoms with Gasteiger partial charge in [0.15, 0.2) is 0 Å². The largest absolute Gasteiger partial charge is 0.478 e. The number of likely N-dealkylation sites (N-methyl/N-ethyl adjacent to an activating group) is 1. The second kappa shape index (κ2) is 7.58. The van der Waals surface area contributed by atoms with E-state index in [-0.39, 0.29) is 11.5 Å². The van der Waals surface area contributed by atoms with Crippen LogP contribution in [0.25, 0.3) is 0 Å². The Morgan fingerprint density at radius 3 is 2.42 bits per heavy atom. The summed E-state index contributed by atoms with van der Waals surface area (Å²) in [7, 11) is 2.07. The molecule has 2 aromatic carbocycles. The lowest BCUT2D eigenvalue weighted by molar-refractivity contribution is 0.0698. The summed E-state index contributed by atoms with van der Waals surface area (Å²) in [6.45, 7) is 5.49. The Labute approximate surface area is 153 Å². The minimum Gasteiger partial charge on any atom is -0.478 e. The number of benzene rings is 2. The van der Waals surface area contributed by atoms with E-state index in [1.807, 2.05) is 19.1 Å². The molecule has 136 valence electrons. The van der Waals surface area contributed by atoms with Crippen molar-refractivity contribution in [3.8, 4) is 0 Å². The van der Waals surface area contributed by atoms with Gasteiger partial charge in [-0.1, -0.05) is 17.7 Å². The molecule has 0 aromatic heterocycles. The van der Waals surface area contributed by atoms with Gasteiger partial charge in [-0.05, 0) is 44.3 Å². The average molecular weight is 353 g/mol. The first-order valence-corrected chi connectivity index (χ1v) is 8.63. The molecule has 3 rings (SSSR count). The first-order valence-electron chi connectivity index (χ1n) is 8.63. The summed E-state index contributed by atoms with van der Waals surface area (Å²) in [6, 6.07) is 12.4. The Kier molecular flexibility index (Phi) is 5.23. The second-order valence-corrected chi connectivity index (χ2v) is 6.65. The van der Waals surface area contributed by atoms with Crippen LogP contribution >= 0.6 is 0 Å². The van der Waals surface area contributed by atoms with Gasteiger partial charge in [0.25, 0.3) is 5.91 Å². The molecule has 1 aliphatic heterocycles. The van der Waals surface area contributed by atoms with Crippen molar-refractivity contribution in [2.75, 3.05) is 43.4 Å². The number of rotatable bonds is 4. The van der Waals surface area contributed by atoms with E-state index in [1.165, 1.54) is 0 Å². The van der Waals surface area contributed by atoms with Crippen LogP contribution < -0.4 is 10.2 Å². The number of anilines is 2. The second-order valence-electron chi connectivity index (χ2n) is 6.65. The third kappa shape index (κ3) is 4.03. The molecule has 0 unspecified atom stereocenters. The fraction of sp³-hybridized carbons (Fsp3) is 0.300. The molecule has 2 aromatic rings. The highest BCUT2D eigenvalue weighted by atomic mass is 16.4. The summed E-state index contributed by atoms with van der Waals surface area (Å²) in [5.41, 5.74) is 2.75. The van der Waals surface area contributed by atoms with Gasteiger partial charge in [0.1, 0.15) is 0 Å². The number of nitrogens with one attached hydrogen (secondary N) is 1. The monoisotopic (exact) mass is 353 g/mol. The van der Waals surface area contributed by atoms with Crippen molar-refractivity contribution in [2.45, 2.75) is 6.92 Å². The quantitative estimate of drug-likeness (QED) is 0.884. The number of aryl methyl sites for hydroxylation is 1. The van der Waals surface area contributed by atoms with Crippen LogP contribution in [0.3, 0.4) is 0 Å². The van der Waals surface area contributed by atoms with E-state index in [4.69, 9.17) is 0 Å². The van der Waals surface area contributed by atoms with Gasteiger partial charge in [-0.3, -0.25) is 4.79 Å². The van der Waals surface area contributed by atoms with Crippen LogP contribution in [-0.2, 0) is 0 Å². The predicted octanol–water partition coefficient (Wildman–Crippen LogP) is 2.70. The minimum absolute atomic E-state index is 0.0995. The molecule has 1 amide bonds. The van der Waals surface area contributed by atoms with Crippen molar-refractivity contribution in [2.24, 2.45) is 0 Å². The molecule has 0 radical (unpaired) electrons. The highest BCUT2D eigenvalue weighted by Gasteiger charge is 2.19. The van der Waals surface area contributed by atoms with Gasteiger partial charge >= 0.3 is 5.97 Å². The summed E-state index contributed by atoms with van der Waals surface area (Å²) < 4.78 is 0. The van der Waals surface area contributed by atoms with Crippen molar-refractivity contribution in [1.29, 1.82) is 0 Å². The molecule has 0 spiro atoms. The Morgan fingerprint density at radius 1 is 1.04 bits per heavy atom. The molecular weight excluding hydrogens is 330 g/mol. The standard InChI is InChI=1S/C20H23N3O3/c1-14-4-3-5-15(12-14)19(24)21-18-7-6-16(13-17(18)20(25)26)23-10-8-22(2)9-11-23/h3-7,12-13H,8-11H2,1-2H3,(H,21,24)(H,25,26). The average Bonchev–Trinajstić information content (AvgIpc) is 2.62. The number of amides is 1. The molecule has 26 heavy (non-hydrogen) atoms. The zero-order chi connectivity index (χ0) is 18.7. The zero-order valence-corrected chi connectivity index (χ0v) is 15.0. The molecule has 6 heteroatoms. The topological polar surface area (TPSA) is 72.9 Å². The van der Waals surface area contributed by atoms with E-state index in [1.54, 1.807) is 30.3 Å². The van der Waals surface area contributed by atoms with Crippen LogP contribution in [0.5, 0.6) is 0 Å². The summed E-state index contributed by atoms with van der Waals surface area (Å²) >= 11 is 0. The fourth-order valence-electron chi connectivity index (χ4n) is 3.06. The Balaban J connectivity index is 1.83. The van der Waals surface area contributed by atoms with Gasteiger partial charge in [-0.25, -0.2) is 4.79 Å². The number of carboxylic acids is 1. The van der Waals surface area contributed by atoms with E-state index in [2.05, 4.69) is 22.2 Å². The third-order valence-electron chi connectivity index (χ3n) is 4.63. The summed E-state index contributed by atoms with van der Waals surface area (Å²) in [6.07, 6.45) is 0. The molecule has 1 heterocycles. The SMILES string of the molecule is Cc1cccc(C(=O)Nc2ccc(N3CCN(C)CC3)cc2C(=O)O)c1. The van der Waals surface area contributed by atoms with Crippen molar-refractivity contribution in [3.05, 3.63) is 59.2 Å². The zero-order valence-electron chi connectivity index (χ0n) is 15.0. The smallest absolute Gasteiger partial charge is 0.337 e. The Bertz CT molecular complexity index is 827. The molecule has 0 saturated carbocycles. The van der Waals surface area contributed by atoms with Crippen molar-refractivity contribution in [3.63, 3.8) is 0 Å². The van der Waals surface area contributed by atoms with Gasteiger partial charge in [0, 0.05) is 37.4 Å². The van der Waals surface area contributed by atoms with Crippen LogP contribution in [0.4, 0.5) is 11.4 Å². The van der Waals surface area contributed by atoms with E-state index >= 15 is 0 Å². The van der Waals surface area contributed by atoms with E-state index in [0.29, 0.717) is 11.3 Å². The number of carboxylic acid groups (broad SMARTS) is 1. The Morgan fingerprint density at radius 2 is 1.77 bits per heavy atom. The minimum atomic E-state index is -1.06. The number of carbonyl (C=O) groups is 2. The number of hydrogen-bond donors (Lipinski definition) is 2. The van der Waals surface area contributed by atoms with Gasteiger partial charge < -0.3 is 20.2 Å². The number of carbonyl (C=O) groups excluding carboxylic acids is 1. The van der Waals surface area contributed by atoms with Gasteiger partial charge in [0.2, 0.25) is 0 Å². The van der Waals surface area contributed by atoms with Gasteiger partial charge in [0.05, 0.1) is 11.3 Å². The molecule has 1 aliphatic rings. The lowest BCUT2D eigenvalue weighted by Gasteiger charge is -2.34. The molecular formula is C20H23N3O3. The molecule has 1 fully saturated rings. The molecule has 0 bridgehead atoms. The predicted molar refractivity (Wildman–Crippen MR) is 102 cm³/mol. The Hall–Kier alpha value is -2.86. The van der Waals surface area contributed by atoms with Crippen LogP contribution in [0.1, 0.15) is 26.3 Å². The van der Waals surface area contributed by atoms with Crippen LogP contribution in [-0.4, -0.2) is 55.1 Å². The number of aromatic carboxylic acids is 1. The third-order valence-corrected chi connectivity index (χ3v) is 4.63. The van der Waals surface area contributed by atoms with Crippen molar-refractivity contribution in [1.82, 2.24) is 4.90 Å². The van der Waals surface area contributed by atoms with Crippen LogP contribution in [0.15, 0.2) is 42.5 Å². The summed E-state index contributed by atoms with van der Waals surface area (Å²) in [5.74, 6) is -1.37. The maximum atomic E-state index is 12.4. The first-order chi connectivity index (χ1) is 12.4. The number of nitrogens with zero attached hydrogens (tertiary/aromatic N) is 2. The lowest BCUT2D eigenvalue weighted by atomic mass is 10.1. The molecule has 0 aliphatic carbocycles. The molecule has 0 atom stereocenters. The van der Waals surface area contributed by atoms with E-state index in [0.717, 1.165) is 37.4 Å². The highest BCUT2D eigenvalue weighted by molar-refractivity contribution is 6.08. The number of hydrogen-bond acceptors (Lipinski definition) is 4. The summed E-state index contributed by atoms with van der Waals surface area (Å²) in [5, 5.41) is 12.3. The molecule has 6 nitrogen and oxygen atoms in total. The van der Waals surface area contributed by atoms with E-state index < -0.39 is 5.97 Å². The fourth-order valence-corrected chi connectivity index (χ4v) is 3.06. The van der Waals surface area contributed by atoms with Crippen molar-refractivity contribution >= 4 is 23.3 Å². The van der Waals surface area contributed by atoms with E-state index in [9.17, 15) is 14.7 Å². The first kappa shape index (κ1) is 17.9. The van der Waals surface area contributed by atoms with Gasteiger partial charge in [-0.2, -0.15) is 0 Å². The molecule has 1 saturated heterocycles. The maximum Gasteiger partial charge on any atom is 0.337 e. The van der Waals surface area contributed by atoms with Crippen LogP contribution in [0.2, 0.25) is 0 Å². The lowest BCUT2D eigenvalue weighted by Crippen LogP contribution is -2.44. The van der Waals surface area contributed by atoms with Gasteiger partial charge in [-0.15, -0.1) is 0 Å². The molecule has 2 N–H and O–H groups in total. The van der Waals surface area contributed by atoms with Crippen LogP contribution in [0, 0.1) is 6.92 Å². The summed E-state index contributed by atoms with van der Waals surface area (Å²) in [4.78, 5) is 28.6. The highest BCUT2D eigenvalue weighted by Crippen LogP contribution is 2.25. The number of piperazine rings is 1.